The van der Waals surface area contributed by atoms with E-state index in [0.29, 0.717) is 0 Å². The Bertz CT molecular complexity index is 50.0. The van der Waals surface area contributed by atoms with Crippen LogP contribution in [0.15, 0.2) is 0 Å². The minimum Gasteiger partial charge on any atom is -0.315 e. The molecular weight excluding hydrogens is 84.9 g/mol. The summed E-state index contributed by atoms with van der Waals surface area (Å²) in [5.74, 6) is 0. The highest BCUT2D eigenvalue weighted by Gasteiger charge is 2.09. The van der Waals surface area contributed by atoms with Crippen LogP contribution in [0.3, 0.4) is 0 Å². The Morgan fingerprint density at radius 3 is 2.86 bits per heavy atom. The second kappa shape index (κ2) is 2.36. The van der Waals surface area contributed by atoms with Crippen molar-refractivity contribution in [3.05, 3.63) is 0 Å². The fourth-order valence-corrected chi connectivity index (χ4v) is 1.11. The average Bonchev–Trinajstić information content (AvgIpc) is 2.14. The first-order valence-corrected chi connectivity index (χ1v) is 3.17. The fraction of sp³-hybridized carbons (Fsp3) is 1.00. The van der Waals surface area contributed by atoms with Gasteiger partial charge in [0.2, 0.25) is 0 Å². The summed E-state index contributed by atoms with van der Waals surface area (Å²) in [5.41, 5.74) is 0. The van der Waals surface area contributed by atoms with E-state index in [9.17, 15) is 0 Å². The summed E-state index contributed by atoms with van der Waals surface area (Å²) in [7, 11) is 2.24. The third-order valence-electron chi connectivity index (χ3n) is 1.66. The van der Waals surface area contributed by atoms with Gasteiger partial charge in [-0.05, 0) is 25.4 Å². The molecule has 0 unspecified atom stereocenters. The first-order valence-electron chi connectivity index (χ1n) is 3.17. The van der Waals surface area contributed by atoms with Crippen molar-refractivity contribution in [2.45, 2.75) is 25.2 Å². The molecule has 1 aliphatic heterocycles. The summed E-state index contributed by atoms with van der Waals surface area (Å²) < 4.78 is 0. The summed E-state index contributed by atoms with van der Waals surface area (Å²) in [5, 5.41) is 3.41. The van der Waals surface area contributed by atoms with E-state index in [1.165, 1.54) is 25.7 Å². The van der Waals surface area contributed by atoms with Crippen LogP contribution >= 0.6 is 0 Å². The molecule has 0 aromatic rings. The molecule has 1 rings (SSSR count). The standard InChI is InChI=1S/C5H12BN/c6-4-5-2-1-3-7-5/h5,7H,1-4,6H2/t5-/m0/s1. The van der Waals surface area contributed by atoms with Gasteiger partial charge in [0.1, 0.15) is 7.85 Å². The molecule has 1 N–H and O–H groups in total. The maximum Gasteiger partial charge on any atom is 0.103 e. The third-order valence-corrected chi connectivity index (χ3v) is 1.66. The summed E-state index contributed by atoms with van der Waals surface area (Å²) in [4.78, 5) is 0. The van der Waals surface area contributed by atoms with E-state index >= 15 is 0 Å². The van der Waals surface area contributed by atoms with E-state index in [-0.39, 0.29) is 0 Å². The van der Waals surface area contributed by atoms with Gasteiger partial charge in [-0.1, -0.05) is 6.32 Å². The highest BCUT2D eigenvalue weighted by atomic mass is 14.9. The molecule has 2 heteroatoms. The zero-order valence-corrected chi connectivity index (χ0v) is 4.91. The molecule has 0 radical (unpaired) electrons. The van der Waals surface area contributed by atoms with Gasteiger partial charge in [0.25, 0.3) is 0 Å². The predicted molar refractivity (Wildman–Crippen MR) is 34.4 cm³/mol. The van der Waals surface area contributed by atoms with Gasteiger partial charge in [-0.2, -0.15) is 0 Å². The first kappa shape index (κ1) is 5.17. The number of nitrogens with one attached hydrogen (secondary N) is 1. The maximum atomic E-state index is 3.41. The summed E-state index contributed by atoms with van der Waals surface area (Å²) in [6.07, 6.45) is 4.09. The van der Waals surface area contributed by atoms with E-state index < -0.39 is 0 Å². The van der Waals surface area contributed by atoms with Crippen LogP contribution in [0, 0.1) is 0 Å². The van der Waals surface area contributed by atoms with E-state index in [1.54, 1.807) is 0 Å². The highest BCUT2D eigenvalue weighted by Crippen LogP contribution is 2.05. The van der Waals surface area contributed by atoms with Gasteiger partial charge < -0.3 is 5.32 Å². The molecule has 1 heterocycles. The van der Waals surface area contributed by atoms with Crippen LogP contribution in [0.25, 0.3) is 0 Å². The molecule has 1 fully saturated rings. The number of hydrogen-bond donors (Lipinski definition) is 1. The highest BCUT2D eigenvalue weighted by molar-refractivity contribution is 6.08. The van der Waals surface area contributed by atoms with Gasteiger partial charge >= 0.3 is 0 Å². The zero-order chi connectivity index (χ0) is 5.11. The first-order chi connectivity index (χ1) is 3.43. The number of hydrogen-bond acceptors (Lipinski definition) is 1. The molecule has 1 saturated heterocycles. The molecule has 1 aliphatic rings. The summed E-state index contributed by atoms with van der Waals surface area (Å²) in [6.45, 7) is 1.25. The molecule has 0 aliphatic carbocycles. The molecule has 0 amide bonds. The molecular formula is C5H12BN. The second-order valence-electron chi connectivity index (χ2n) is 2.20. The Labute approximate surface area is 45.9 Å². The second-order valence-corrected chi connectivity index (χ2v) is 2.20. The molecule has 0 aromatic heterocycles. The van der Waals surface area contributed by atoms with Gasteiger partial charge in [-0.3, -0.25) is 0 Å². The minimum absolute atomic E-state index is 0.847. The van der Waals surface area contributed by atoms with Crippen LogP contribution in [0.4, 0.5) is 0 Å². The van der Waals surface area contributed by atoms with Crippen molar-refractivity contribution in [1.82, 2.24) is 5.32 Å². The van der Waals surface area contributed by atoms with Crippen molar-refractivity contribution in [2.75, 3.05) is 6.54 Å². The molecule has 1 nitrogen and oxygen atoms in total. The van der Waals surface area contributed by atoms with Gasteiger partial charge in [0, 0.05) is 0 Å². The topological polar surface area (TPSA) is 12.0 Å². The Hall–Kier alpha value is 0.0249. The van der Waals surface area contributed by atoms with Crippen LogP contribution < -0.4 is 5.32 Å². The van der Waals surface area contributed by atoms with E-state index in [1.807, 2.05) is 0 Å². The molecule has 7 heavy (non-hydrogen) atoms. The predicted octanol–water partition coefficient (Wildman–Crippen LogP) is -0.210. The monoisotopic (exact) mass is 97.1 g/mol. The molecule has 1 atom stereocenters. The van der Waals surface area contributed by atoms with Crippen molar-refractivity contribution in [3.8, 4) is 0 Å². The van der Waals surface area contributed by atoms with Crippen molar-refractivity contribution >= 4 is 7.85 Å². The van der Waals surface area contributed by atoms with Gasteiger partial charge in [-0.15, -0.1) is 0 Å². The van der Waals surface area contributed by atoms with Crippen molar-refractivity contribution in [2.24, 2.45) is 0 Å². The third kappa shape index (κ3) is 1.20. The lowest BCUT2D eigenvalue weighted by Gasteiger charge is -2.02. The molecule has 0 saturated carbocycles. The molecule has 40 valence electrons. The average molecular weight is 97.0 g/mol. The van der Waals surface area contributed by atoms with Crippen LogP contribution in [0.5, 0.6) is 0 Å². The van der Waals surface area contributed by atoms with E-state index in [0.717, 1.165) is 6.04 Å². The van der Waals surface area contributed by atoms with Gasteiger partial charge in [0.05, 0.1) is 0 Å². The van der Waals surface area contributed by atoms with Crippen LogP contribution in [0.1, 0.15) is 12.8 Å². The lowest BCUT2D eigenvalue weighted by molar-refractivity contribution is 0.664. The largest absolute Gasteiger partial charge is 0.315 e. The van der Waals surface area contributed by atoms with E-state index in [2.05, 4.69) is 13.2 Å². The van der Waals surface area contributed by atoms with E-state index in [4.69, 9.17) is 0 Å². The molecule has 0 aromatic carbocycles. The molecule has 0 spiro atoms. The lowest BCUT2D eigenvalue weighted by atomic mass is 9.97. The van der Waals surface area contributed by atoms with Crippen molar-refractivity contribution in [1.29, 1.82) is 0 Å². The number of rotatable bonds is 1. The summed E-state index contributed by atoms with van der Waals surface area (Å²) in [6, 6.07) is 0.847. The Morgan fingerprint density at radius 1 is 1.71 bits per heavy atom. The van der Waals surface area contributed by atoms with Crippen molar-refractivity contribution < 1.29 is 0 Å². The zero-order valence-electron chi connectivity index (χ0n) is 4.91. The van der Waals surface area contributed by atoms with Crippen LogP contribution in [-0.4, -0.2) is 20.4 Å². The Balaban J connectivity index is 2.14. The van der Waals surface area contributed by atoms with Crippen molar-refractivity contribution in [3.63, 3.8) is 0 Å². The smallest absolute Gasteiger partial charge is 0.103 e. The van der Waals surface area contributed by atoms with Crippen LogP contribution in [0.2, 0.25) is 6.32 Å². The fourth-order valence-electron chi connectivity index (χ4n) is 1.11. The lowest BCUT2D eigenvalue weighted by Crippen LogP contribution is -2.19. The Kier molecular flexibility index (Phi) is 1.74. The normalized spacial score (nSPS) is 31.1. The van der Waals surface area contributed by atoms with Gasteiger partial charge in [0.15, 0.2) is 0 Å². The summed E-state index contributed by atoms with van der Waals surface area (Å²) >= 11 is 0. The molecule has 0 bridgehead atoms. The quantitative estimate of drug-likeness (QED) is 0.446. The van der Waals surface area contributed by atoms with Crippen LogP contribution in [-0.2, 0) is 0 Å². The van der Waals surface area contributed by atoms with Gasteiger partial charge in [-0.25, -0.2) is 0 Å². The SMILES string of the molecule is BC[C@@H]1CCCN1. The Morgan fingerprint density at radius 2 is 2.57 bits per heavy atom. The minimum atomic E-state index is 0.847. The maximum absolute atomic E-state index is 3.41.